The average Bonchev–Trinajstić information content (AvgIpc) is 3.22. The van der Waals surface area contributed by atoms with Crippen LogP contribution in [0.5, 0.6) is 0 Å². The highest BCUT2D eigenvalue weighted by Gasteiger charge is 2.53. The number of carboxylic acids is 1. The number of nitrogens with zero attached hydrogens (tertiary/aromatic N) is 4. The van der Waals surface area contributed by atoms with Crippen LogP contribution in [0.25, 0.3) is 0 Å². The molecule has 8 nitrogen and oxygen atoms in total. The van der Waals surface area contributed by atoms with E-state index in [0.717, 1.165) is 15.8 Å². The fraction of sp³-hybridized carbons (Fsp3) is 0.542. The number of carbonyl (C=O) groups is 3. The Morgan fingerprint density at radius 2 is 1.68 bits per heavy atom. The van der Waals surface area contributed by atoms with E-state index >= 15 is 0 Å². The Bertz CT molecular complexity index is 1220. The Morgan fingerprint density at radius 3 is 2.16 bits per heavy atom. The van der Waals surface area contributed by atoms with Gasteiger partial charge in [-0.3, -0.25) is 24.0 Å². The summed E-state index contributed by atoms with van der Waals surface area (Å²) < 4.78 is 43.7. The molecular weight excluding hydrogens is 536 g/mol. The molecule has 0 bridgehead atoms. The number of hydrogen-bond donors (Lipinski definition) is 1. The van der Waals surface area contributed by atoms with Crippen LogP contribution < -0.4 is 0 Å². The van der Waals surface area contributed by atoms with Crippen molar-refractivity contribution in [3.63, 3.8) is 0 Å². The standard InChI is InChI=1S/C24H25Cl2F3N4O4/c1-23(2)7-18(23)32(11-17(34)19-15(25)9-30-10-16(19)26)21(35)14-8-31-33(20(14)24(27,28)29)13-5-3-12(4-6-13)22(36)37/h8-10,12-13,18H,3-7,11H2,1-2H3,(H,36,37)/t12?,13?,18-/m0/s1. The Kier molecular flexibility index (Phi) is 7.33. The monoisotopic (exact) mass is 560 g/mol. The van der Waals surface area contributed by atoms with Gasteiger partial charge in [-0.05, 0) is 37.5 Å². The molecule has 2 aromatic rings. The molecule has 200 valence electrons. The normalized spacial score (nSPS) is 22.9. The molecule has 1 atom stereocenters. The zero-order valence-electron chi connectivity index (χ0n) is 20.1. The summed E-state index contributed by atoms with van der Waals surface area (Å²) in [4.78, 5) is 42.9. The number of alkyl halides is 3. The van der Waals surface area contributed by atoms with Crippen LogP contribution in [0.2, 0.25) is 10.0 Å². The van der Waals surface area contributed by atoms with Crippen LogP contribution in [0.1, 0.15) is 78.4 Å². The van der Waals surface area contributed by atoms with Crippen LogP contribution in [0.4, 0.5) is 13.2 Å². The van der Waals surface area contributed by atoms with E-state index in [1.165, 1.54) is 12.4 Å². The number of carbonyl (C=O) groups excluding carboxylic acids is 2. The van der Waals surface area contributed by atoms with Crippen LogP contribution in [-0.2, 0) is 11.0 Å². The summed E-state index contributed by atoms with van der Waals surface area (Å²) >= 11 is 12.2. The van der Waals surface area contributed by atoms with E-state index in [4.69, 9.17) is 23.2 Å². The summed E-state index contributed by atoms with van der Waals surface area (Å²) in [5, 5.41) is 13.1. The summed E-state index contributed by atoms with van der Waals surface area (Å²) in [6, 6.07) is -1.17. The molecule has 0 aromatic carbocycles. The van der Waals surface area contributed by atoms with Gasteiger partial charge in [0, 0.05) is 18.4 Å². The molecule has 0 spiro atoms. The third-order valence-corrected chi connectivity index (χ3v) is 7.80. The molecule has 1 amide bonds. The maximum Gasteiger partial charge on any atom is 0.433 e. The summed E-state index contributed by atoms with van der Waals surface area (Å²) in [6.45, 7) is 3.18. The lowest BCUT2D eigenvalue weighted by Crippen LogP contribution is -2.40. The largest absolute Gasteiger partial charge is 0.481 e. The molecule has 2 saturated carbocycles. The lowest BCUT2D eigenvalue weighted by molar-refractivity contribution is -0.147. The first kappa shape index (κ1) is 27.4. The number of hydrogen-bond acceptors (Lipinski definition) is 5. The SMILES string of the molecule is CC1(C)C[C@@H]1N(CC(=O)c1c(Cl)cncc1Cl)C(=O)c1cnn(C2CCC(C(=O)O)CC2)c1C(F)(F)F. The second kappa shape index (κ2) is 9.90. The van der Waals surface area contributed by atoms with Gasteiger partial charge in [0.2, 0.25) is 0 Å². The summed E-state index contributed by atoms with van der Waals surface area (Å²) in [5.74, 6) is -3.19. The molecule has 2 aliphatic rings. The van der Waals surface area contributed by atoms with Gasteiger partial charge in [-0.2, -0.15) is 18.3 Å². The fourth-order valence-electron chi connectivity index (χ4n) is 5.01. The van der Waals surface area contributed by atoms with Crippen molar-refractivity contribution in [1.82, 2.24) is 19.7 Å². The van der Waals surface area contributed by atoms with Crippen molar-refractivity contribution in [2.45, 2.75) is 64.2 Å². The molecule has 0 unspecified atom stereocenters. The van der Waals surface area contributed by atoms with Gasteiger partial charge in [-0.25, -0.2) is 0 Å². The molecule has 13 heteroatoms. The first-order valence-electron chi connectivity index (χ1n) is 11.7. The van der Waals surface area contributed by atoms with Crippen molar-refractivity contribution in [3.8, 4) is 0 Å². The Hall–Kier alpha value is -2.66. The minimum absolute atomic E-state index is 0.0271. The van der Waals surface area contributed by atoms with Gasteiger partial charge in [0.1, 0.15) is 0 Å². The zero-order valence-corrected chi connectivity index (χ0v) is 21.6. The number of ketones is 1. The van der Waals surface area contributed by atoms with E-state index in [-0.39, 0.29) is 41.3 Å². The number of pyridine rings is 1. The van der Waals surface area contributed by atoms with Gasteiger partial charge in [-0.15, -0.1) is 0 Å². The van der Waals surface area contributed by atoms with E-state index in [1.807, 2.05) is 13.8 Å². The molecule has 2 fully saturated rings. The predicted molar refractivity (Wildman–Crippen MR) is 128 cm³/mol. The van der Waals surface area contributed by atoms with Gasteiger partial charge in [0.15, 0.2) is 11.5 Å². The number of carboxylic acid groups (broad SMARTS) is 1. The van der Waals surface area contributed by atoms with Crippen molar-refractivity contribution in [1.29, 1.82) is 0 Å². The number of aliphatic carboxylic acids is 1. The number of halogens is 5. The molecule has 37 heavy (non-hydrogen) atoms. The van der Waals surface area contributed by atoms with E-state index in [0.29, 0.717) is 6.42 Å². The Balaban J connectivity index is 1.67. The summed E-state index contributed by atoms with van der Waals surface area (Å²) in [5.41, 5.74) is -2.32. The topological polar surface area (TPSA) is 105 Å². The van der Waals surface area contributed by atoms with Crippen molar-refractivity contribution >= 4 is 40.9 Å². The van der Waals surface area contributed by atoms with Crippen LogP contribution >= 0.6 is 23.2 Å². The van der Waals surface area contributed by atoms with Crippen LogP contribution in [0.3, 0.4) is 0 Å². The number of aromatic nitrogens is 3. The average molecular weight is 561 g/mol. The Labute approximate surface area is 220 Å². The molecule has 2 heterocycles. The number of Topliss-reactive ketones (excluding diaryl/α,β-unsaturated/α-hetero) is 1. The fourth-order valence-corrected chi connectivity index (χ4v) is 5.58. The van der Waals surface area contributed by atoms with Crippen LogP contribution in [-0.4, -0.2) is 55.0 Å². The molecule has 1 N–H and O–H groups in total. The molecule has 0 radical (unpaired) electrons. The van der Waals surface area contributed by atoms with Crippen molar-refractivity contribution in [2.75, 3.05) is 6.54 Å². The maximum absolute atomic E-state index is 14.3. The first-order chi connectivity index (χ1) is 17.2. The second-order valence-corrected chi connectivity index (χ2v) is 11.1. The highest BCUT2D eigenvalue weighted by molar-refractivity contribution is 6.39. The van der Waals surface area contributed by atoms with Crippen molar-refractivity contribution < 1.29 is 32.7 Å². The lowest BCUT2D eigenvalue weighted by atomic mass is 9.86. The molecule has 4 rings (SSSR count). The van der Waals surface area contributed by atoms with Crippen molar-refractivity contribution in [3.05, 3.63) is 45.5 Å². The number of amides is 1. The van der Waals surface area contributed by atoms with Crippen LogP contribution in [0, 0.1) is 11.3 Å². The summed E-state index contributed by atoms with van der Waals surface area (Å²) in [7, 11) is 0. The minimum atomic E-state index is -4.91. The molecule has 2 aliphatic carbocycles. The summed E-state index contributed by atoms with van der Waals surface area (Å²) in [6.07, 6.45) is -0.282. The first-order valence-corrected chi connectivity index (χ1v) is 12.5. The second-order valence-electron chi connectivity index (χ2n) is 10.2. The van der Waals surface area contributed by atoms with Gasteiger partial charge in [0.25, 0.3) is 5.91 Å². The Morgan fingerprint density at radius 1 is 1.11 bits per heavy atom. The number of rotatable bonds is 7. The van der Waals surface area contributed by atoms with Gasteiger partial charge < -0.3 is 10.0 Å². The zero-order chi connectivity index (χ0) is 27.3. The molecule has 0 aliphatic heterocycles. The quantitative estimate of drug-likeness (QED) is 0.445. The van der Waals surface area contributed by atoms with Gasteiger partial charge in [-0.1, -0.05) is 37.0 Å². The maximum atomic E-state index is 14.3. The molecule has 0 saturated heterocycles. The lowest BCUT2D eigenvalue weighted by Gasteiger charge is -2.28. The van der Waals surface area contributed by atoms with Crippen LogP contribution in [0.15, 0.2) is 18.6 Å². The highest BCUT2D eigenvalue weighted by atomic mass is 35.5. The van der Waals surface area contributed by atoms with Gasteiger partial charge in [0.05, 0.1) is 45.9 Å². The molecule has 2 aromatic heterocycles. The van der Waals surface area contributed by atoms with Crippen molar-refractivity contribution in [2.24, 2.45) is 11.3 Å². The smallest absolute Gasteiger partial charge is 0.433 e. The van der Waals surface area contributed by atoms with E-state index in [9.17, 15) is 32.7 Å². The van der Waals surface area contributed by atoms with E-state index < -0.39 is 65.1 Å². The van der Waals surface area contributed by atoms with E-state index in [2.05, 4.69) is 10.1 Å². The third-order valence-electron chi connectivity index (χ3n) is 7.23. The predicted octanol–water partition coefficient (Wildman–Crippen LogP) is 5.54. The van der Waals surface area contributed by atoms with E-state index in [1.54, 1.807) is 0 Å². The minimum Gasteiger partial charge on any atom is -0.481 e. The molecular formula is C24H25Cl2F3N4O4. The third kappa shape index (κ3) is 5.47. The van der Waals surface area contributed by atoms with Gasteiger partial charge >= 0.3 is 12.1 Å². The highest BCUT2D eigenvalue weighted by Crippen LogP contribution is 2.49.